The quantitative estimate of drug-likeness (QED) is 0.741. The minimum atomic E-state index is -0.497. The molecule has 0 saturated heterocycles. The lowest BCUT2D eigenvalue weighted by atomic mass is 10.2. The van der Waals surface area contributed by atoms with Gasteiger partial charge < -0.3 is 10.5 Å². The molecule has 1 fully saturated rings. The van der Waals surface area contributed by atoms with Crippen molar-refractivity contribution in [3.63, 3.8) is 0 Å². The van der Waals surface area contributed by atoms with E-state index in [-0.39, 0.29) is 6.10 Å². The van der Waals surface area contributed by atoms with Crippen LogP contribution in [0.5, 0.6) is 5.88 Å². The molecule has 1 amide bonds. The zero-order valence-corrected chi connectivity index (χ0v) is 7.06. The van der Waals surface area contributed by atoms with Gasteiger partial charge in [0, 0.05) is 6.20 Å². The molecule has 1 aromatic rings. The van der Waals surface area contributed by atoms with Gasteiger partial charge in [0.25, 0.3) is 5.91 Å². The molecule has 0 radical (unpaired) electrons. The predicted octanol–water partition coefficient (Wildman–Crippen LogP) is 0.722. The molecule has 13 heavy (non-hydrogen) atoms. The van der Waals surface area contributed by atoms with Gasteiger partial charge in [0.2, 0.25) is 5.88 Å². The van der Waals surface area contributed by atoms with E-state index in [1.54, 1.807) is 18.3 Å². The highest BCUT2D eigenvalue weighted by molar-refractivity contribution is 5.94. The summed E-state index contributed by atoms with van der Waals surface area (Å²) in [5.74, 6) is -0.138. The first-order valence-electron chi connectivity index (χ1n) is 4.19. The maximum Gasteiger partial charge on any atom is 0.254 e. The van der Waals surface area contributed by atoms with Crippen molar-refractivity contribution in [2.45, 2.75) is 18.9 Å². The third kappa shape index (κ3) is 1.77. The van der Waals surface area contributed by atoms with Crippen LogP contribution in [0.1, 0.15) is 23.2 Å². The second-order valence-electron chi connectivity index (χ2n) is 3.04. The highest BCUT2D eigenvalue weighted by atomic mass is 16.5. The van der Waals surface area contributed by atoms with Gasteiger partial charge in [-0.15, -0.1) is 0 Å². The summed E-state index contributed by atoms with van der Waals surface area (Å²) in [6.45, 7) is 0. The van der Waals surface area contributed by atoms with Gasteiger partial charge in [0.1, 0.15) is 11.7 Å². The summed E-state index contributed by atoms with van der Waals surface area (Å²) in [5.41, 5.74) is 5.51. The average Bonchev–Trinajstić information content (AvgIpc) is 2.89. The molecule has 0 unspecified atom stereocenters. The lowest BCUT2D eigenvalue weighted by molar-refractivity contribution is 0.0995. The number of ether oxygens (including phenoxy) is 1. The molecule has 1 aromatic heterocycles. The molecule has 1 saturated carbocycles. The maximum absolute atomic E-state index is 10.9. The van der Waals surface area contributed by atoms with Crippen LogP contribution in [0.2, 0.25) is 0 Å². The van der Waals surface area contributed by atoms with Gasteiger partial charge in [0.05, 0.1) is 0 Å². The molecule has 0 spiro atoms. The molecule has 0 aliphatic heterocycles. The van der Waals surface area contributed by atoms with E-state index in [1.165, 1.54) is 0 Å². The van der Waals surface area contributed by atoms with E-state index >= 15 is 0 Å². The van der Waals surface area contributed by atoms with Gasteiger partial charge >= 0.3 is 0 Å². The first-order chi connectivity index (χ1) is 6.27. The van der Waals surface area contributed by atoms with Gasteiger partial charge in [-0.25, -0.2) is 4.98 Å². The summed E-state index contributed by atoms with van der Waals surface area (Å²) in [7, 11) is 0. The van der Waals surface area contributed by atoms with Crippen molar-refractivity contribution < 1.29 is 9.53 Å². The molecular weight excluding hydrogens is 168 g/mol. The number of primary amides is 1. The Morgan fingerprint density at radius 2 is 2.38 bits per heavy atom. The van der Waals surface area contributed by atoms with Crippen LogP contribution in [0, 0.1) is 0 Å². The fraction of sp³-hybridized carbons (Fsp3) is 0.333. The number of pyridine rings is 1. The van der Waals surface area contributed by atoms with Crippen LogP contribution in [-0.4, -0.2) is 17.0 Å². The smallest absolute Gasteiger partial charge is 0.254 e. The molecule has 0 bridgehead atoms. The minimum Gasteiger partial charge on any atom is -0.474 e. The van der Waals surface area contributed by atoms with E-state index < -0.39 is 5.91 Å². The number of nitrogens with two attached hydrogens (primary N) is 1. The van der Waals surface area contributed by atoms with Crippen LogP contribution in [0.25, 0.3) is 0 Å². The second kappa shape index (κ2) is 3.05. The highest BCUT2D eigenvalue weighted by Crippen LogP contribution is 2.27. The molecule has 2 N–H and O–H groups in total. The lowest BCUT2D eigenvalue weighted by Gasteiger charge is -2.05. The topological polar surface area (TPSA) is 65.2 Å². The molecule has 2 rings (SSSR count). The number of nitrogens with zero attached hydrogens (tertiary/aromatic N) is 1. The van der Waals surface area contributed by atoms with Crippen molar-refractivity contribution in [3.8, 4) is 5.88 Å². The van der Waals surface area contributed by atoms with E-state index in [0.717, 1.165) is 12.8 Å². The Hall–Kier alpha value is -1.58. The first kappa shape index (κ1) is 8.04. The normalized spacial score (nSPS) is 15.4. The zero-order chi connectivity index (χ0) is 9.26. The van der Waals surface area contributed by atoms with E-state index in [1.807, 2.05) is 0 Å². The van der Waals surface area contributed by atoms with Crippen LogP contribution >= 0.6 is 0 Å². The summed E-state index contributed by atoms with van der Waals surface area (Å²) < 4.78 is 5.41. The Morgan fingerprint density at radius 3 is 3.00 bits per heavy atom. The molecular formula is C9H10N2O2. The Morgan fingerprint density at radius 1 is 1.62 bits per heavy atom. The van der Waals surface area contributed by atoms with Crippen LogP contribution in [-0.2, 0) is 0 Å². The fourth-order valence-corrected chi connectivity index (χ4v) is 1.02. The molecule has 0 atom stereocenters. The summed E-state index contributed by atoms with van der Waals surface area (Å²) >= 11 is 0. The Labute approximate surface area is 75.7 Å². The molecule has 1 heterocycles. The Balaban J connectivity index is 2.25. The summed E-state index contributed by atoms with van der Waals surface area (Å²) in [5, 5.41) is 0. The van der Waals surface area contributed by atoms with Crippen LogP contribution in [0.15, 0.2) is 18.3 Å². The number of aromatic nitrogens is 1. The number of carbonyl (C=O) groups is 1. The SMILES string of the molecule is NC(=O)c1cccnc1OC1CC1. The van der Waals surface area contributed by atoms with Gasteiger partial charge in [-0.05, 0) is 25.0 Å². The van der Waals surface area contributed by atoms with E-state index in [9.17, 15) is 4.79 Å². The standard InChI is InChI=1S/C9H10N2O2/c10-8(12)7-2-1-5-11-9(7)13-6-3-4-6/h1-2,5-6H,3-4H2,(H2,10,12). The van der Waals surface area contributed by atoms with Gasteiger partial charge in [-0.3, -0.25) is 4.79 Å². The highest BCUT2D eigenvalue weighted by Gasteiger charge is 2.25. The van der Waals surface area contributed by atoms with Gasteiger partial charge in [-0.1, -0.05) is 0 Å². The molecule has 4 nitrogen and oxygen atoms in total. The van der Waals surface area contributed by atoms with Gasteiger partial charge in [0.15, 0.2) is 0 Å². The summed E-state index contributed by atoms with van der Waals surface area (Å²) in [4.78, 5) is 14.9. The van der Waals surface area contributed by atoms with Gasteiger partial charge in [-0.2, -0.15) is 0 Å². The van der Waals surface area contributed by atoms with E-state index in [0.29, 0.717) is 11.4 Å². The molecule has 4 heteroatoms. The third-order valence-electron chi connectivity index (χ3n) is 1.84. The molecule has 68 valence electrons. The minimum absolute atomic E-state index is 0.230. The zero-order valence-electron chi connectivity index (χ0n) is 7.06. The predicted molar refractivity (Wildman–Crippen MR) is 46.4 cm³/mol. The Bertz CT molecular complexity index is 334. The van der Waals surface area contributed by atoms with Crippen LogP contribution < -0.4 is 10.5 Å². The average molecular weight is 178 g/mol. The monoisotopic (exact) mass is 178 g/mol. The first-order valence-corrected chi connectivity index (χ1v) is 4.19. The molecule has 1 aliphatic rings. The van der Waals surface area contributed by atoms with Crippen molar-refractivity contribution in [2.24, 2.45) is 5.73 Å². The van der Waals surface area contributed by atoms with Crippen molar-refractivity contribution in [1.82, 2.24) is 4.98 Å². The fourth-order valence-electron chi connectivity index (χ4n) is 1.02. The second-order valence-corrected chi connectivity index (χ2v) is 3.04. The summed E-state index contributed by atoms with van der Waals surface area (Å²) in [6.07, 6.45) is 3.89. The number of hydrogen-bond donors (Lipinski definition) is 1. The van der Waals surface area contributed by atoms with Crippen LogP contribution in [0.3, 0.4) is 0 Å². The number of rotatable bonds is 3. The number of amides is 1. The molecule has 0 aromatic carbocycles. The number of carbonyl (C=O) groups excluding carboxylic acids is 1. The Kier molecular flexibility index (Phi) is 1.88. The van der Waals surface area contributed by atoms with Crippen molar-refractivity contribution in [3.05, 3.63) is 23.9 Å². The maximum atomic E-state index is 10.9. The summed E-state index contributed by atoms with van der Waals surface area (Å²) in [6, 6.07) is 3.28. The largest absolute Gasteiger partial charge is 0.474 e. The number of hydrogen-bond acceptors (Lipinski definition) is 3. The van der Waals surface area contributed by atoms with E-state index in [2.05, 4.69) is 4.98 Å². The van der Waals surface area contributed by atoms with E-state index in [4.69, 9.17) is 10.5 Å². The van der Waals surface area contributed by atoms with Crippen LogP contribution in [0.4, 0.5) is 0 Å². The lowest BCUT2D eigenvalue weighted by Crippen LogP contribution is -2.14. The molecule has 1 aliphatic carbocycles. The van der Waals surface area contributed by atoms with Crippen molar-refractivity contribution >= 4 is 5.91 Å². The van der Waals surface area contributed by atoms with Crippen molar-refractivity contribution in [1.29, 1.82) is 0 Å². The van der Waals surface area contributed by atoms with Crippen molar-refractivity contribution in [2.75, 3.05) is 0 Å². The third-order valence-corrected chi connectivity index (χ3v) is 1.84.